The van der Waals surface area contributed by atoms with Crippen molar-refractivity contribution in [2.75, 3.05) is 0 Å². The third-order valence-corrected chi connectivity index (χ3v) is 14.2. The monoisotopic (exact) mass is 591 g/mol. The Morgan fingerprint density at radius 2 is 1.60 bits per heavy atom. The smallest absolute Gasteiger partial charge is 0.323 e. The average molecular weight is 592 g/mol. The molecule has 0 bridgehead atoms. The van der Waals surface area contributed by atoms with Crippen LogP contribution in [0.4, 0.5) is 0 Å². The van der Waals surface area contributed by atoms with Crippen LogP contribution in [-0.2, 0) is 19.1 Å². The highest BCUT2D eigenvalue weighted by Crippen LogP contribution is 2.76. The second kappa shape index (κ2) is 10.1. The molecule has 0 unspecified atom stereocenters. The molecule has 0 radical (unpaired) electrons. The zero-order chi connectivity index (χ0) is 31.3. The lowest BCUT2D eigenvalue weighted by molar-refractivity contribution is -0.251. The number of rotatable bonds is 6. The van der Waals surface area contributed by atoms with Crippen LogP contribution in [0.15, 0.2) is 0 Å². The molecule has 5 N–H and O–H groups in total. The molecule has 42 heavy (non-hydrogen) atoms. The van der Waals surface area contributed by atoms with E-state index in [2.05, 4.69) is 41.5 Å². The summed E-state index contributed by atoms with van der Waals surface area (Å²) in [6, 6.07) is -1.16. The van der Waals surface area contributed by atoms with Crippen molar-refractivity contribution in [3.05, 3.63) is 0 Å². The van der Waals surface area contributed by atoms with Crippen LogP contribution in [0, 0.1) is 45.3 Å². The van der Waals surface area contributed by atoms with Gasteiger partial charge in [0.15, 0.2) is 0 Å². The van der Waals surface area contributed by atoms with Crippen molar-refractivity contribution in [1.82, 2.24) is 0 Å². The Balaban J connectivity index is 1.39. The van der Waals surface area contributed by atoms with Gasteiger partial charge in [0.25, 0.3) is 0 Å². The van der Waals surface area contributed by atoms with Crippen LogP contribution >= 0.6 is 0 Å². The van der Waals surface area contributed by atoms with E-state index < -0.39 is 36.1 Å². The van der Waals surface area contributed by atoms with Crippen LogP contribution in [0.2, 0.25) is 0 Å². The molecule has 5 fully saturated rings. The lowest BCUT2D eigenvalue weighted by Crippen LogP contribution is -2.67. The van der Waals surface area contributed by atoms with Gasteiger partial charge >= 0.3 is 11.9 Å². The molecule has 0 aromatic heterocycles. The fourth-order valence-corrected chi connectivity index (χ4v) is 11.8. The van der Waals surface area contributed by atoms with E-state index in [4.69, 9.17) is 20.3 Å². The maximum atomic E-state index is 12.7. The molecule has 0 spiro atoms. The first-order valence-corrected chi connectivity index (χ1v) is 16.5. The van der Waals surface area contributed by atoms with Gasteiger partial charge in [0.2, 0.25) is 0 Å². The molecule has 4 saturated carbocycles. The highest BCUT2D eigenvalue weighted by Gasteiger charge is 2.72. The average Bonchev–Trinajstić information content (AvgIpc) is 3.45. The normalized spacial score (nSPS) is 49.0. The van der Waals surface area contributed by atoms with E-state index in [0.717, 1.165) is 51.4 Å². The first-order chi connectivity index (χ1) is 19.2. The van der Waals surface area contributed by atoms with Gasteiger partial charge in [-0.1, -0.05) is 34.6 Å². The Morgan fingerprint density at radius 1 is 0.952 bits per heavy atom. The molecule has 8 heteroatoms. The van der Waals surface area contributed by atoms with Crippen LogP contribution < -0.4 is 5.73 Å². The van der Waals surface area contributed by atoms with E-state index in [0.29, 0.717) is 18.3 Å². The minimum atomic E-state index is -1.16. The lowest BCUT2D eigenvalue weighted by atomic mass is 9.35. The van der Waals surface area contributed by atoms with Gasteiger partial charge in [-0.05, 0) is 118 Å². The molecule has 12 atom stereocenters. The fraction of sp³-hybridized carbons (Fsp3) is 0.941. The molecule has 8 nitrogen and oxygen atoms in total. The van der Waals surface area contributed by atoms with Crippen molar-refractivity contribution < 1.29 is 34.4 Å². The summed E-state index contributed by atoms with van der Waals surface area (Å²) in [6.45, 7) is 17.7. The summed E-state index contributed by atoms with van der Waals surface area (Å²) in [5.41, 5.74) is 4.35. The Kier molecular flexibility index (Phi) is 7.78. The number of aliphatic hydroxyl groups excluding tert-OH is 1. The fourth-order valence-electron chi connectivity index (χ4n) is 11.8. The highest BCUT2D eigenvalue weighted by atomic mass is 16.5. The summed E-state index contributed by atoms with van der Waals surface area (Å²) in [4.78, 5) is 23.8. The van der Waals surface area contributed by atoms with Gasteiger partial charge in [-0.2, -0.15) is 0 Å². The molecule has 0 amide bonds. The van der Waals surface area contributed by atoms with Gasteiger partial charge in [-0.3, -0.25) is 9.59 Å². The number of fused-ring (bicyclic) bond motifs is 5. The number of carbonyl (C=O) groups excluding carboxylic acids is 1. The Bertz CT molecular complexity index is 1090. The van der Waals surface area contributed by atoms with Gasteiger partial charge in [0.05, 0.1) is 29.8 Å². The van der Waals surface area contributed by atoms with Gasteiger partial charge in [-0.25, -0.2) is 0 Å². The summed E-state index contributed by atoms with van der Waals surface area (Å²) in [7, 11) is 0. The largest absolute Gasteiger partial charge is 0.481 e. The van der Waals surface area contributed by atoms with Crippen molar-refractivity contribution in [3.8, 4) is 0 Å². The predicted octanol–water partition coefficient (Wildman–Crippen LogP) is 5.06. The number of esters is 1. The summed E-state index contributed by atoms with van der Waals surface area (Å²) < 4.78 is 12.6. The van der Waals surface area contributed by atoms with Crippen LogP contribution in [0.1, 0.15) is 120 Å². The molecule has 5 aliphatic rings. The summed E-state index contributed by atoms with van der Waals surface area (Å²) >= 11 is 0. The van der Waals surface area contributed by atoms with E-state index in [1.54, 1.807) is 0 Å². The maximum Gasteiger partial charge on any atom is 0.323 e. The number of carbonyl (C=O) groups is 2. The number of carboxylic acids is 1. The minimum Gasteiger partial charge on any atom is -0.481 e. The van der Waals surface area contributed by atoms with Crippen LogP contribution in [0.5, 0.6) is 0 Å². The Hall–Kier alpha value is -1.22. The van der Waals surface area contributed by atoms with Crippen LogP contribution in [0.25, 0.3) is 0 Å². The van der Waals surface area contributed by atoms with E-state index >= 15 is 0 Å². The van der Waals surface area contributed by atoms with Crippen molar-refractivity contribution in [2.45, 2.75) is 155 Å². The van der Waals surface area contributed by atoms with Crippen molar-refractivity contribution in [1.29, 1.82) is 0 Å². The lowest BCUT2D eigenvalue weighted by Gasteiger charge is -2.70. The quantitative estimate of drug-likeness (QED) is 0.314. The second-order valence-electron chi connectivity index (χ2n) is 17.1. The SMILES string of the molecule is CC(C)(O)[C@H]1CC[C@@](C)([C@H]2CC[C@]3(C)[C@@H]2[C@H](O)C[C@@H]2[C@@]4(C)CC[C@H](OC(=O)[C@@H](N)CC(=O)O)C(C)(C)[C@@H]4CC[C@]23C)O1. The molecule has 1 aliphatic heterocycles. The summed E-state index contributed by atoms with van der Waals surface area (Å²) in [5.74, 6) is -0.679. The number of hydrogen-bond acceptors (Lipinski definition) is 7. The minimum absolute atomic E-state index is 0.0184. The van der Waals surface area contributed by atoms with E-state index in [1.165, 1.54) is 0 Å². The third-order valence-electron chi connectivity index (χ3n) is 14.2. The van der Waals surface area contributed by atoms with E-state index in [-0.39, 0.29) is 51.3 Å². The van der Waals surface area contributed by atoms with Gasteiger partial charge in [-0.15, -0.1) is 0 Å². The van der Waals surface area contributed by atoms with Gasteiger partial charge < -0.3 is 30.5 Å². The first-order valence-electron chi connectivity index (χ1n) is 16.5. The van der Waals surface area contributed by atoms with E-state index in [1.807, 2.05) is 13.8 Å². The Morgan fingerprint density at radius 3 is 2.19 bits per heavy atom. The van der Waals surface area contributed by atoms with Gasteiger partial charge in [0.1, 0.15) is 12.1 Å². The number of ether oxygens (including phenoxy) is 2. The first kappa shape index (κ1) is 32.2. The van der Waals surface area contributed by atoms with Gasteiger partial charge in [0, 0.05) is 5.41 Å². The number of carboxylic acid groups (broad SMARTS) is 1. The third kappa shape index (κ3) is 4.68. The Labute approximate surface area is 252 Å². The molecule has 240 valence electrons. The van der Waals surface area contributed by atoms with E-state index in [9.17, 15) is 19.8 Å². The molecule has 1 saturated heterocycles. The van der Waals surface area contributed by atoms with Crippen molar-refractivity contribution in [3.63, 3.8) is 0 Å². The molecular weight excluding hydrogens is 534 g/mol. The number of aliphatic carboxylic acids is 1. The molecular formula is C34H57NO7. The highest BCUT2D eigenvalue weighted by molar-refractivity contribution is 5.81. The standard InChI is InChI=1S/C34H57NO7/c1-29(2)22-10-15-32(6)23(31(22,5)13-11-24(29)41-28(39)20(35)17-26(37)38)18-21(36)27-19(9-14-33(27,32)7)34(8)16-12-25(42-34)30(3,4)40/h19-25,27,36,40H,9-18,35H2,1-8H3,(H,37,38)/t19-,20-,21+,22-,23+,24-,25+,27-,31-,32+,33+,34-/m0/s1. The molecule has 4 aliphatic carbocycles. The van der Waals surface area contributed by atoms with Crippen molar-refractivity contribution in [2.24, 2.45) is 51.1 Å². The zero-order valence-corrected chi connectivity index (χ0v) is 27.2. The predicted molar refractivity (Wildman–Crippen MR) is 159 cm³/mol. The molecule has 1 heterocycles. The molecule has 0 aromatic rings. The summed E-state index contributed by atoms with van der Waals surface area (Å²) in [5, 5.41) is 31.9. The zero-order valence-electron chi connectivity index (χ0n) is 27.2. The number of aliphatic hydroxyl groups is 2. The second-order valence-corrected chi connectivity index (χ2v) is 17.1. The number of hydrogen-bond donors (Lipinski definition) is 4. The number of nitrogens with two attached hydrogens (primary N) is 1. The van der Waals surface area contributed by atoms with Crippen molar-refractivity contribution >= 4 is 11.9 Å². The summed E-state index contributed by atoms with van der Waals surface area (Å²) in [6.07, 6.45) is 7.00. The van der Waals surface area contributed by atoms with Crippen LogP contribution in [-0.4, -0.2) is 62.8 Å². The molecule has 0 aromatic carbocycles. The maximum absolute atomic E-state index is 12.7. The topological polar surface area (TPSA) is 139 Å². The molecule has 5 rings (SSSR count). The van der Waals surface area contributed by atoms with Crippen LogP contribution in [0.3, 0.4) is 0 Å².